The molecule has 7 nitrogen and oxygen atoms in total. The molecule has 0 aliphatic carbocycles. The zero-order chi connectivity index (χ0) is 22.2. The number of aryl methyl sites for hydroxylation is 3. The average Bonchev–Trinajstić information content (AvgIpc) is 3.19. The molecule has 0 unspecified atom stereocenters. The summed E-state index contributed by atoms with van der Waals surface area (Å²) in [6, 6.07) is 12.0. The van der Waals surface area contributed by atoms with Crippen molar-refractivity contribution in [2.75, 3.05) is 0 Å². The van der Waals surface area contributed by atoms with Crippen LogP contribution in [-0.2, 0) is 16.4 Å². The summed E-state index contributed by atoms with van der Waals surface area (Å²) >= 11 is 0. The van der Waals surface area contributed by atoms with Crippen LogP contribution in [0.15, 0.2) is 64.6 Å². The van der Waals surface area contributed by atoms with E-state index in [0.29, 0.717) is 16.1 Å². The molecule has 158 valence electrons. The second kappa shape index (κ2) is 7.96. The molecule has 0 saturated heterocycles. The van der Waals surface area contributed by atoms with Gasteiger partial charge < -0.3 is 5.32 Å². The van der Waals surface area contributed by atoms with E-state index in [-0.39, 0.29) is 17.3 Å². The number of hydrogen-bond acceptors (Lipinski definition) is 5. The first kappa shape index (κ1) is 20.7. The van der Waals surface area contributed by atoms with Gasteiger partial charge in [-0.05, 0) is 55.7 Å². The van der Waals surface area contributed by atoms with E-state index < -0.39 is 9.84 Å². The zero-order valence-electron chi connectivity index (χ0n) is 17.4. The van der Waals surface area contributed by atoms with Crippen molar-refractivity contribution < 1.29 is 13.2 Å². The molecule has 0 atom stereocenters. The number of aromatic nitrogens is 3. The van der Waals surface area contributed by atoms with Gasteiger partial charge in [0, 0.05) is 18.1 Å². The fourth-order valence-corrected chi connectivity index (χ4v) is 5.44. The van der Waals surface area contributed by atoms with Crippen LogP contribution in [0.25, 0.3) is 11.0 Å². The maximum Gasteiger partial charge on any atom is 0.253 e. The highest BCUT2D eigenvalue weighted by Gasteiger charge is 2.22. The highest BCUT2D eigenvalue weighted by molar-refractivity contribution is 7.91. The van der Waals surface area contributed by atoms with Crippen LogP contribution in [0.4, 0.5) is 0 Å². The number of nitrogens with one attached hydrogen (secondary N) is 2. The Morgan fingerprint density at radius 2 is 1.68 bits per heavy atom. The van der Waals surface area contributed by atoms with Gasteiger partial charge in [-0.25, -0.2) is 13.4 Å². The predicted molar refractivity (Wildman–Crippen MR) is 118 cm³/mol. The van der Waals surface area contributed by atoms with Gasteiger partial charge in [0.05, 0.1) is 21.6 Å². The maximum absolute atomic E-state index is 13.1. The molecule has 2 aromatic carbocycles. The topological polar surface area (TPSA) is 105 Å². The van der Waals surface area contributed by atoms with Crippen molar-refractivity contribution >= 4 is 26.8 Å². The molecule has 2 heterocycles. The average molecular weight is 435 g/mol. The molecule has 0 saturated carbocycles. The lowest BCUT2D eigenvalue weighted by Crippen LogP contribution is -2.22. The fourth-order valence-electron chi connectivity index (χ4n) is 3.74. The van der Waals surface area contributed by atoms with E-state index in [1.807, 2.05) is 32.9 Å². The number of H-pyrrole nitrogens is 1. The Morgan fingerprint density at radius 3 is 2.35 bits per heavy atom. The van der Waals surface area contributed by atoms with E-state index in [1.165, 1.54) is 6.20 Å². The van der Waals surface area contributed by atoms with Gasteiger partial charge in [-0.1, -0.05) is 29.8 Å². The third-order valence-electron chi connectivity index (χ3n) is 5.11. The van der Waals surface area contributed by atoms with Crippen molar-refractivity contribution in [2.45, 2.75) is 37.1 Å². The van der Waals surface area contributed by atoms with E-state index >= 15 is 0 Å². The number of benzene rings is 2. The van der Waals surface area contributed by atoms with Crippen LogP contribution < -0.4 is 5.32 Å². The number of carbonyl (C=O) groups excluding carboxylic acids is 1. The quantitative estimate of drug-likeness (QED) is 0.499. The Bertz CT molecular complexity index is 1370. The molecule has 0 aliphatic heterocycles. The fraction of sp³-hybridized carbons (Fsp3) is 0.174. The van der Waals surface area contributed by atoms with Gasteiger partial charge in [0.25, 0.3) is 5.91 Å². The lowest BCUT2D eigenvalue weighted by atomic mass is 10.1. The molecular weight excluding hydrogens is 412 g/mol. The van der Waals surface area contributed by atoms with Gasteiger partial charge >= 0.3 is 0 Å². The molecule has 0 spiro atoms. The van der Waals surface area contributed by atoms with Crippen LogP contribution in [0, 0.1) is 20.8 Å². The number of amides is 1. The number of sulfone groups is 1. The van der Waals surface area contributed by atoms with E-state index in [4.69, 9.17) is 0 Å². The summed E-state index contributed by atoms with van der Waals surface area (Å²) in [6.45, 7) is 5.84. The van der Waals surface area contributed by atoms with E-state index in [9.17, 15) is 13.2 Å². The summed E-state index contributed by atoms with van der Waals surface area (Å²) < 4.78 is 26.3. The molecule has 4 rings (SSSR count). The Balaban J connectivity index is 1.50. The third kappa shape index (κ3) is 4.06. The van der Waals surface area contributed by atoms with E-state index in [0.717, 1.165) is 27.6 Å². The summed E-state index contributed by atoms with van der Waals surface area (Å²) in [7, 11) is -3.63. The number of pyridine rings is 1. The monoisotopic (exact) mass is 434 g/mol. The molecule has 1 amide bonds. The first-order valence-electron chi connectivity index (χ1n) is 9.75. The summed E-state index contributed by atoms with van der Waals surface area (Å²) in [4.78, 5) is 17.2. The standard InChI is InChI=1S/C23H22N4O3S/c1-14-8-15(2)21(16(3)9-14)31(29,30)20-6-4-17(5-7-20)11-25-23(28)19-10-18-13-26-27-22(18)24-12-19/h4-10,12-13H,11H2,1-3H3,(H,25,28)(H,24,26,27). The van der Waals surface area contributed by atoms with Crippen LogP contribution in [0.3, 0.4) is 0 Å². The van der Waals surface area contributed by atoms with Gasteiger partial charge in [0.2, 0.25) is 9.84 Å². The minimum absolute atomic E-state index is 0.229. The largest absolute Gasteiger partial charge is 0.348 e. The number of nitrogens with zero attached hydrogens (tertiary/aromatic N) is 2. The first-order valence-corrected chi connectivity index (χ1v) is 11.2. The molecule has 2 aromatic heterocycles. The predicted octanol–water partition coefficient (Wildman–Crippen LogP) is 3.65. The number of hydrogen-bond donors (Lipinski definition) is 2. The Labute approximate surface area is 180 Å². The number of fused-ring (bicyclic) bond motifs is 1. The SMILES string of the molecule is Cc1cc(C)c(S(=O)(=O)c2ccc(CNC(=O)c3cnc4[nH]ncc4c3)cc2)c(C)c1. The summed E-state index contributed by atoms with van der Waals surface area (Å²) in [5, 5.41) is 10.2. The van der Waals surface area contributed by atoms with E-state index in [2.05, 4.69) is 20.5 Å². The smallest absolute Gasteiger partial charge is 0.253 e. The number of aromatic amines is 1. The normalized spacial score (nSPS) is 11.6. The number of carbonyl (C=O) groups is 1. The van der Waals surface area contributed by atoms with Gasteiger partial charge in [0.15, 0.2) is 5.65 Å². The van der Waals surface area contributed by atoms with Crippen molar-refractivity contribution in [3.63, 3.8) is 0 Å². The summed E-state index contributed by atoms with van der Waals surface area (Å²) in [5.74, 6) is -0.266. The Morgan fingerprint density at radius 1 is 1.00 bits per heavy atom. The molecule has 8 heteroatoms. The van der Waals surface area contributed by atoms with Crippen molar-refractivity contribution in [1.82, 2.24) is 20.5 Å². The Hall–Kier alpha value is -3.52. The van der Waals surface area contributed by atoms with Crippen molar-refractivity contribution in [3.8, 4) is 0 Å². The molecule has 0 radical (unpaired) electrons. The van der Waals surface area contributed by atoms with Crippen LogP contribution in [-0.4, -0.2) is 29.5 Å². The molecule has 2 N–H and O–H groups in total. The number of rotatable bonds is 5. The van der Waals surface area contributed by atoms with Gasteiger partial charge in [0.1, 0.15) is 0 Å². The zero-order valence-corrected chi connectivity index (χ0v) is 18.2. The molecular formula is C23H22N4O3S. The van der Waals surface area contributed by atoms with Crippen molar-refractivity contribution in [2.24, 2.45) is 0 Å². The summed E-state index contributed by atoms with van der Waals surface area (Å²) in [5.41, 5.74) is 4.34. The minimum Gasteiger partial charge on any atom is -0.348 e. The second-order valence-electron chi connectivity index (χ2n) is 7.59. The highest BCUT2D eigenvalue weighted by atomic mass is 32.2. The maximum atomic E-state index is 13.1. The van der Waals surface area contributed by atoms with Gasteiger partial charge in [-0.2, -0.15) is 5.10 Å². The molecule has 0 fully saturated rings. The van der Waals surface area contributed by atoms with Crippen LogP contribution in [0.5, 0.6) is 0 Å². The molecule has 4 aromatic rings. The van der Waals surface area contributed by atoms with Gasteiger partial charge in [-0.15, -0.1) is 0 Å². The lowest BCUT2D eigenvalue weighted by molar-refractivity contribution is 0.0950. The van der Waals surface area contributed by atoms with Crippen LogP contribution >= 0.6 is 0 Å². The van der Waals surface area contributed by atoms with Crippen LogP contribution in [0.1, 0.15) is 32.6 Å². The summed E-state index contributed by atoms with van der Waals surface area (Å²) in [6.07, 6.45) is 3.09. The minimum atomic E-state index is -3.63. The molecule has 0 aliphatic rings. The highest BCUT2D eigenvalue weighted by Crippen LogP contribution is 2.28. The van der Waals surface area contributed by atoms with E-state index in [1.54, 1.807) is 36.5 Å². The van der Waals surface area contributed by atoms with Crippen molar-refractivity contribution in [1.29, 1.82) is 0 Å². The molecule has 0 bridgehead atoms. The lowest BCUT2D eigenvalue weighted by Gasteiger charge is -2.13. The van der Waals surface area contributed by atoms with Crippen LogP contribution in [0.2, 0.25) is 0 Å². The second-order valence-corrected chi connectivity index (χ2v) is 9.48. The third-order valence-corrected chi connectivity index (χ3v) is 7.19. The Kier molecular flexibility index (Phi) is 5.32. The van der Waals surface area contributed by atoms with Crippen molar-refractivity contribution in [3.05, 3.63) is 82.7 Å². The van der Waals surface area contributed by atoms with Gasteiger partial charge in [-0.3, -0.25) is 9.89 Å². The first-order chi connectivity index (χ1) is 14.8. The molecule has 31 heavy (non-hydrogen) atoms.